The first-order valence-electron chi connectivity index (χ1n) is 6.15. The Morgan fingerprint density at radius 3 is 1.36 bits per heavy atom. The summed E-state index contributed by atoms with van der Waals surface area (Å²) in [7, 11) is 0. The van der Waals surface area contributed by atoms with Crippen molar-refractivity contribution >= 4 is 0 Å². The molecule has 1 rings (SSSR count). The van der Waals surface area contributed by atoms with Crippen molar-refractivity contribution in [2.75, 3.05) is 0 Å². The fraction of sp³-hybridized carbons (Fsp3) is 1.00. The topological polar surface area (TPSA) is 40.5 Å². The molecule has 0 aliphatic heterocycles. The summed E-state index contributed by atoms with van der Waals surface area (Å²) in [4.78, 5) is 0. The van der Waals surface area contributed by atoms with Gasteiger partial charge in [-0.05, 0) is 19.3 Å². The molecular weight excluding hydrogens is 176 g/mol. The van der Waals surface area contributed by atoms with E-state index in [-0.39, 0.29) is 12.2 Å². The third-order valence-corrected chi connectivity index (χ3v) is 3.12. The van der Waals surface area contributed by atoms with Crippen molar-refractivity contribution in [3.05, 3.63) is 0 Å². The van der Waals surface area contributed by atoms with Crippen LogP contribution in [0.3, 0.4) is 0 Å². The number of hydrogen-bond acceptors (Lipinski definition) is 2. The van der Waals surface area contributed by atoms with E-state index in [4.69, 9.17) is 0 Å². The lowest BCUT2D eigenvalue weighted by Crippen LogP contribution is -2.17. The Hall–Kier alpha value is -0.0800. The van der Waals surface area contributed by atoms with Gasteiger partial charge in [0.2, 0.25) is 0 Å². The lowest BCUT2D eigenvalue weighted by Gasteiger charge is -2.16. The zero-order valence-corrected chi connectivity index (χ0v) is 9.12. The monoisotopic (exact) mass is 200 g/mol. The van der Waals surface area contributed by atoms with Gasteiger partial charge in [0.15, 0.2) is 0 Å². The molecule has 1 aliphatic rings. The molecule has 1 saturated carbocycles. The second-order valence-corrected chi connectivity index (χ2v) is 4.60. The highest BCUT2D eigenvalue weighted by Gasteiger charge is 2.11. The van der Waals surface area contributed by atoms with Gasteiger partial charge in [0.1, 0.15) is 0 Å². The zero-order valence-electron chi connectivity index (χ0n) is 9.12. The van der Waals surface area contributed by atoms with E-state index in [0.29, 0.717) is 6.42 Å². The van der Waals surface area contributed by atoms with Gasteiger partial charge in [-0.15, -0.1) is 0 Å². The first-order valence-corrected chi connectivity index (χ1v) is 6.15. The van der Waals surface area contributed by atoms with Crippen molar-refractivity contribution in [2.24, 2.45) is 0 Å². The molecule has 0 heterocycles. The molecule has 84 valence electrons. The van der Waals surface area contributed by atoms with E-state index in [0.717, 1.165) is 25.7 Å². The maximum atomic E-state index is 9.60. The van der Waals surface area contributed by atoms with Crippen LogP contribution < -0.4 is 0 Å². The van der Waals surface area contributed by atoms with Crippen LogP contribution in [0.4, 0.5) is 0 Å². The summed E-state index contributed by atoms with van der Waals surface area (Å²) in [5.74, 6) is 0. The highest BCUT2D eigenvalue weighted by molar-refractivity contribution is 4.65. The fourth-order valence-corrected chi connectivity index (χ4v) is 2.19. The molecule has 0 saturated heterocycles. The summed E-state index contributed by atoms with van der Waals surface area (Å²) in [5.41, 5.74) is 0. The van der Waals surface area contributed by atoms with Crippen LogP contribution in [-0.4, -0.2) is 22.4 Å². The molecule has 2 N–H and O–H groups in total. The maximum absolute atomic E-state index is 9.60. The lowest BCUT2D eigenvalue weighted by molar-refractivity contribution is 0.0674. The van der Waals surface area contributed by atoms with Crippen LogP contribution in [-0.2, 0) is 0 Å². The molecule has 2 heteroatoms. The first kappa shape index (κ1) is 12.0. The predicted octanol–water partition coefficient (Wildman–Crippen LogP) is 2.62. The Kier molecular flexibility index (Phi) is 6.20. The molecule has 0 aromatic rings. The molecule has 14 heavy (non-hydrogen) atoms. The van der Waals surface area contributed by atoms with E-state index in [1.807, 2.05) is 0 Å². The Balaban J connectivity index is 2.22. The standard InChI is InChI=1S/C12H24O2/c13-11-8-6-4-2-1-3-5-7-9-12(14)10-11/h11-14H,1-10H2/t11-,12-/m0/s1. The SMILES string of the molecule is O[C@H]1CCCCCCCCC[C@H](O)C1. The molecule has 1 aliphatic carbocycles. The van der Waals surface area contributed by atoms with Crippen LogP contribution in [0.15, 0.2) is 0 Å². The Morgan fingerprint density at radius 2 is 0.929 bits per heavy atom. The molecule has 2 atom stereocenters. The Labute approximate surface area is 87.3 Å². The first-order chi connectivity index (χ1) is 6.79. The number of rotatable bonds is 0. The normalized spacial score (nSPS) is 33.0. The van der Waals surface area contributed by atoms with E-state index in [1.165, 1.54) is 32.1 Å². The fourth-order valence-electron chi connectivity index (χ4n) is 2.19. The minimum atomic E-state index is -0.274. The van der Waals surface area contributed by atoms with Crippen LogP contribution in [0.5, 0.6) is 0 Å². The van der Waals surface area contributed by atoms with E-state index >= 15 is 0 Å². The highest BCUT2D eigenvalue weighted by atomic mass is 16.3. The smallest absolute Gasteiger partial charge is 0.0564 e. The molecule has 1 fully saturated rings. The Morgan fingerprint density at radius 1 is 0.571 bits per heavy atom. The average Bonchev–Trinajstić information content (AvgIpc) is 2.13. The third kappa shape index (κ3) is 5.61. The molecule has 0 aromatic carbocycles. The average molecular weight is 200 g/mol. The molecule has 0 amide bonds. The van der Waals surface area contributed by atoms with Gasteiger partial charge in [0.25, 0.3) is 0 Å². The van der Waals surface area contributed by atoms with Gasteiger partial charge in [-0.2, -0.15) is 0 Å². The maximum Gasteiger partial charge on any atom is 0.0564 e. The molecular formula is C12H24O2. The summed E-state index contributed by atoms with van der Waals surface area (Å²) in [6.07, 6.45) is 10.5. The van der Waals surface area contributed by atoms with Gasteiger partial charge in [-0.25, -0.2) is 0 Å². The van der Waals surface area contributed by atoms with E-state index < -0.39 is 0 Å². The Bertz CT molecular complexity index is 122. The molecule has 0 spiro atoms. The van der Waals surface area contributed by atoms with Gasteiger partial charge in [0.05, 0.1) is 12.2 Å². The third-order valence-electron chi connectivity index (χ3n) is 3.12. The summed E-state index contributed by atoms with van der Waals surface area (Å²) in [6, 6.07) is 0. The number of aliphatic hydroxyl groups is 2. The van der Waals surface area contributed by atoms with Crippen molar-refractivity contribution in [3.63, 3.8) is 0 Å². The van der Waals surface area contributed by atoms with Crippen molar-refractivity contribution in [1.29, 1.82) is 0 Å². The van der Waals surface area contributed by atoms with Crippen molar-refractivity contribution < 1.29 is 10.2 Å². The second-order valence-electron chi connectivity index (χ2n) is 4.60. The van der Waals surface area contributed by atoms with Gasteiger partial charge >= 0.3 is 0 Å². The van der Waals surface area contributed by atoms with Gasteiger partial charge < -0.3 is 10.2 Å². The molecule has 0 radical (unpaired) electrons. The summed E-state index contributed by atoms with van der Waals surface area (Å²) in [5, 5.41) is 19.2. The lowest BCUT2D eigenvalue weighted by atomic mass is 9.98. The number of hydrogen-bond donors (Lipinski definition) is 2. The highest BCUT2D eigenvalue weighted by Crippen LogP contribution is 2.17. The summed E-state index contributed by atoms with van der Waals surface area (Å²) >= 11 is 0. The van der Waals surface area contributed by atoms with E-state index in [1.54, 1.807) is 0 Å². The molecule has 0 unspecified atom stereocenters. The zero-order chi connectivity index (χ0) is 10.2. The van der Waals surface area contributed by atoms with Crippen LogP contribution in [0.2, 0.25) is 0 Å². The van der Waals surface area contributed by atoms with Crippen LogP contribution in [0.1, 0.15) is 64.2 Å². The summed E-state index contributed by atoms with van der Waals surface area (Å²) in [6.45, 7) is 0. The van der Waals surface area contributed by atoms with Crippen molar-refractivity contribution in [2.45, 2.75) is 76.4 Å². The van der Waals surface area contributed by atoms with Crippen LogP contribution >= 0.6 is 0 Å². The second kappa shape index (κ2) is 7.24. The van der Waals surface area contributed by atoms with Crippen molar-refractivity contribution in [3.8, 4) is 0 Å². The van der Waals surface area contributed by atoms with Crippen LogP contribution in [0, 0.1) is 0 Å². The minimum absolute atomic E-state index is 0.274. The predicted molar refractivity (Wildman–Crippen MR) is 58.2 cm³/mol. The molecule has 0 aromatic heterocycles. The van der Waals surface area contributed by atoms with Gasteiger partial charge in [0, 0.05) is 0 Å². The van der Waals surface area contributed by atoms with E-state index in [9.17, 15) is 10.2 Å². The van der Waals surface area contributed by atoms with Gasteiger partial charge in [-0.1, -0.05) is 44.9 Å². The van der Waals surface area contributed by atoms with E-state index in [2.05, 4.69) is 0 Å². The minimum Gasteiger partial charge on any atom is -0.393 e. The van der Waals surface area contributed by atoms with Crippen molar-refractivity contribution in [1.82, 2.24) is 0 Å². The van der Waals surface area contributed by atoms with Crippen LogP contribution in [0.25, 0.3) is 0 Å². The van der Waals surface area contributed by atoms with Gasteiger partial charge in [-0.3, -0.25) is 0 Å². The quantitative estimate of drug-likeness (QED) is 0.631. The molecule has 2 nitrogen and oxygen atoms in total. The largest absolute Gasteiger partial charge is 0.393 e. The summed E-state index contributed by atoms with van der Waals surface area (Å²) < 4.78 is 0. The number of aliphatic hydroxyl groups excluding tert-OH is 2. The molecule has 0 bridgehead atoms.